The number of sulfone groups is 1. The fourth-order valence-corrected chi connectivity index (χ4v) is 3.16. The third kappa shape index (κ3) is 4.40. The van der Waals surface area contributed by atoms with Gasteiger partial charge < -0.3 is 4.74 Å². The molecule has 0 amide bonds. The van der Waals surface area contributed by atoms with Crippen LogP contribution in [0.4, 0.5) is 4.39 Å². The van der Waals surface area contributed by atoms with Crippen LogP contribution < -0.4 is 0 Å². The van der Waals surface area contributed by atoms with Crippen LogP contribution in [0.3, 0.4) is 0 Å². The molecule has 27 heavy (non-hydrogen) atoms. The fraction of sp³-hybridized carbons (Fsp3) is 0.158. The van der Waals surface area contributed by atoms with Crippen molar-refractivity contribution in [1.29, 1.82) is 0 Å². The van der Waals surface area contributed by atoms with Crippen LogP contribution >= 0.6 is 0 Å². The third-order valence-corrected chi connectivity index (χ3v) is 4.96. The molecule has 0 unspecified atom stereocenters. The number of benzene rings is 2. The molecule has 0 bridgehead atoms. The molecule has 0 N–H and O–H groups in total. The standard InChI is InChI=1S/C19H17FN2O4S/c1-13(23)26-12-16-11-19(14-3-9-18(10-4-14)27(2,24)25)22(21-16)17-7-5-15(20)6-8-17/h3-11H,12H2,1-2H3. The van der Waals surface area contributed by atoms with E-state index in [1.807, 2.05) is 0 Å². The number of ether oxygens (including phenoxy) is 1. The van der Waals surface area contributed by atoms with E-state index in [4.69, 9.17) is 4.74 Å². The Hall–Kier alpha value is -3.00. The van der Waals surface area contributed by atoms with Crippen molar-refractivity contribution in [2.45, 2.75) is 18.4 Å². The first-order chi connectivity index (χ1) is 12.7. The van der Waals surface area contributed by atoms with E-state index in [1.54, 1.807) is 35.0 Å². The predicted molar refractivity (Wildman–Crippen MR) is 97.5 cm³/mol. The smallest absolute Gasteiger partial charge is 0.303 e. The highest BCUT2D eigenvalue weighted by atomic mass is 32.2. The van der Waals surface area contributed by atoms with E-state index in [1.165, 1.54) is 31.2 Å². The van der Waals surface area contributed by atoms with Gasteiger partial charge in [0.15, 0.2) is 9.84 Å². The average Bonchev–Trinajstić information content (AvgIpc) is 3.04. The first kappa shape index (κ1) is 18.8. The average molecular weight is 388 g/mol. The molecule has 0 fully saturated rings. The monoisotopic (exact) mass is 388 g/mol. The minimum atomic E-state index is -3.30. The van der Waals surface area contributed by atoms with Gasteiger partial charge in [-0.05, 0) is 42.5 Å². The van der Waals surface area contributed by atoms with Crippen molar-refractivity contribution in [3.8, 4) is 16.9 Å². The third-order valence-electron chi connectivity index (χ3n) is 3.83. The summed E-state index contributed by atoms with van der Waals surface area (Å²) in [4.78, 5) is 11.3. The Kier molecular flexibility index (Phi) is 5.09. The number of halogens is 1. The maximum atomic E-state index is 13.3. The van der Waals surface area contributed by atoms with Gasteiger partial charge in [0.1, 0.15) is 18.1 Å². The zero-order chi connectivity index (χ0) is 19.6. The minimum absolute atomic E-state index is 0.00203. The summed E-state index contributed by atoms with van der Waals surface area (Å²) in [5.41, 5.74) is 2.50. The van der Waals surface area contributed by atoms with E-state index < -0.39 is 15.8 Å². The van der Waals surface area contributed by atoms with Gasteiger partial charge >= 0.3 is 5.97 Å². The zero-order valence-corrected chi connectivity index (χ0v) is 15.5. The molecule has 0 aliphatic rings. The van der Waals surface area contributed by atoms with Gasteiger partial charge in [-0.15, -0.1) is 0 Å². The second kappa shape index (κ2) is 7.32. The Morgan fingerprint density at radius 1 is 1.11 bits per heavy atom. The largest absolute Gasteiger partial charge is 0.459 e. The molecule has 8 heteroatoms. The highest BCUT2D eigenvalue weighted by Crippen LogP contribution is 2.26. The van der Waals surface area contributed by atoms with Crippen LogP contribution in [-0.4, -0.2) is 30.4 Å². The number of carbonyl (C=O) groups is 1. The van der Waals surface area contributed by atoms with Crippen molar-refractivity contribution in [2.24, 2.45) is 0 Å². The first-order valence-corrected chi connectivity index (χ1v) is 9.92. The summed E-state index contributed by atoms with van der Waals surface area (Å²) in [6.45, 7) is 1.31. The molecule has 0 radical (unpaired) electrons. The molecule has 3 rings (SSSR count). The van der Waals surface area contributed by atoms with Crippen LogP contribution in [0.1, 0.15) is 12.6 Å². The van der Waals surface area contributed by atoms with Crippen molar-refractivity contribution >= 4 is 15.8 Å². The molecule has 3 aromatic rings. The van der Waals surface area contributed by atoms with Crippen LogP contribution in [0.25, 0.3) is 16.9 Å². The lowest BCUT2D eigenvalue weighted by Gasteiger charge is -2.08. The van der Waals surface area contributed by atoms with E-state index in [0.717, 1.165) is 6.26 Å². The lowest BCUT2D eigenvalue weighted by atomic mass is 10.1. The number of hydrogen-bond acceptors (Lipinski definition) is 5. The van der Waals surface area contributed by atoms with Gasteiger partial charge in [0, 0.05) is 18.7 Å². The molecular weight excluding hydrogens is 371 g/mol. The number of nitrogens with zero attached hydrogens (tertiary/aromatic N) is 2. The Labute approximate surface area is 156 Å². The Balaban J connectivity index is 2.06. The first-order valence-electron chi connectivity index (χ1n) is 8.03. The molecule has 0 spiro atoms. The van der Waals surface area contributed by atoms with Crippen molar-refractivity contribution in [2.75, 3.05) is 6.26 Å². The quantitative estimate of drug-likeness (QED) is 0.628. The topological polar surface area (TPSA) is 78.3 Å². The number of aromatic nitrogens is 2. The lowest BCUT2D eigenvalue weighted by Crippen LogP contribution is -2.02. The van der Waals surface area contributed by atoms with Gasteiger partial charge in [0.05, 0.1) is 16.3 Å². The van der Waals surface area contributed by atoms with Gasteiger partial charge in [-0.25, -0.2) is 17.5 Å². The Morgan fingerprint density at radius 3 is 2.30 bits per heavy atom. The second-order valence-electron chi connectivity index (χ2n) is 5.99. The second-order valence-corrected chi connectivity index (χ2v) is 8.00. The van der Waals surface area contributed by atoms with Crippen molar-refractivity contribution in [3.63, 3.8) is 0 Å². The van der Waals surface area contributed by atoms with Crippen LogP contribution in [0.2, 0.25) is 0 Å². The molecule has 0 saturated heterocycles. The maximum Gasteiger partial charge on any atom is 0.303 e. The lowest BCUT2D eigenvalue weighted by molar-refractivity contribution is -0.142. The molecule has 6 nitrogen and oxygen atoms in total. The summed E-state index contributed by atoms with van der Waals surface area (Å²) >= 11 is 0. The van der Waals surface area contributed by atoms with Gasteiger partial charge in [0.25, 0.3) is 0 Å². The molecule has 0 saturated carbocycles. The van der Waals surface area contributed by atoms with Crippen LogP contribution in [0.15, 0.2) is 59.5 Å². The molecule has 1 heterocycles. The SMILES string of the molecule is CC(=O)OCc1cc(-c2ccc(S(C)(=O)=O)cc2)n(-c2ccc(F)cc2)n1. The fourth-order valence-electron chi connectivity index (χ4n) is 2.53. The van der Waals surface area contributed by atoms with E-state index >= 15 is 0 Å². The van der Waals surface area contributed by atoms with Gasteiger partial charge in [0.2, 0.25) is 0 Å². The van der Waals surface area contributed by atoms with E-state index in [-0.39, 0.29) is 17.3 Å². The molecule has 0 aliphatic carbocycles. The van der Waals surface area contributed by atoms with Crippen molar-refractivity contribution < 1.29 is 22.3 Å². The number of carbonyl (C=O) groups excluding carboxylic acids is 1. The van der Waals surface area contributed by atoms with Crippen LogP contribution in [-0.2, 0) is 26.0 Å². The van der Waals surface area contributed by atoms with E-state index in [0.29, 0.717) is 22.6 Å². The van der Waals surface area contributed by atoms with Crippen LogP contribution in [0, 0.1) is 5.82 Å². The van der Waals surface area contributed by atoms with Crippen molar-refractivity contribution in [3.05, 3.63) is 66.1 Å². The zero-order valence-electron chi connectivity index (χ0n) is 14.7. The Morgan fingerprint density at radius 2 is 1.74 bits per heavy atom. The van der Waals surface area contributed by atoms with Crippen molar-refractivity contribution in [1.82, 2.24) is 9.78 Å². The summed E-state index contributed by atoms with van der Waals surface area (Å²) in [7, 11) is -3.30. The Bertz CT molecular complexity index is 1070. The highest BCUT2D eigenvalue weighted by Gasteiger charge is 2.14. The minimum Gasteiger partial charge on any atom is -0.459 e. The number of hydrogen-bond donors (Lipinski definition) is 0. The van der Waals surface area contributed by atoms with Crippen LogP contribution in [0.5, 0.6) is 0 Å². The molecule has 2 aromatic carbocycles. The van der Waals surface area contributed by atoms with Gasteiger partial charge in [-0.1, -0.05) is 12.1 Å². The summed E-state index contributed by atoms with van der Waals surface area (Å²) < 4.78 is 43.1. The van der Waals surface area contributed by atoms with E-state index in [9.17, 15) is 17.6 Å². The van der Waals surface area contributed by atoms with E-state index in [2.05, 4.69) is 5.10 Å². The summed E-state index contributed by atoms with van der Waals surface area (Å²) in [6.07, 6.45) is 1.14. The predicted octanol–water partition coefficient (Wildman–Crippen LogP) is 3.15. The molecular formula is C19H17FN2O4S. The molecule has 0 atom stereocenters. The number of rotatable bonds is 5. The van der Waals surface area contributed by atoms with Gasteiger partial charge in [-0.2, -0.15) is 5.10 Å². The summed E-state index contributed by atoms with van der Waals surface area (Å²) in [5, 5.41) is 4.43. The normalized spacial score (nSPS) is 11.4. The van der Waals surface area contributed by atoms with Gasteiger partial charge in [-0.3, -0.25) is 4.79 Å². The summed E-state index contributed by atoms with van der Waals surface area (Å²) in [5.74, 6) is -0.796. The number of esters is 1. The molecule has 140 valence electrons. The molecule has 1 aromatic heterocycles. The summed E-state index contributed by atoms with van der Waals surface area (Å²) in [6, 6.07) is 13.9. The maximum absolute atomic E-state index is 13.3. The highest BCUT2D eigenvalue weighted by molar-refractivity contribution is 7.90. The molecule has 0 aliphatic heterocycles.